The standard InChI is InChI=1S/C12H16O2S/c1-4-14-12(9(2)13)10-5-7-11(15-3)8-6-10/h5-8,12H,4H2,1-3H3. The first-order chi connectivity index (χ1) is 7.19. The molecule has 0 aliphatic rings. The van der Waals surface area contributed by atoms with Crippen LogP contribution in [0, 0.1) is 0 Å². The van der Waals surface area contributed by atoms with Gasteiger partial charge < -0.3 is 4.74 Å². The van der Waals surface area contributed by atoms with Crippen LogP contribution in [0.15, 0.2) is 29.2 Å². The first-order valence-electron chi connectivity index (χ1n) is 4.95. The van der Waals surface area contributed by atoms with Crippen molar-refractivity contribution in [3.63, 3.8) is 0 Å². The van der Waals surface area contributed by atoms with Gasteiger partial charge in [-0.15, -0.1) is 11.8 Å². The van der Waals surface area contributed by atoms with E-state index in [1.54, 1.807) is 18.7 Å². The third-order valence-electron chi connectivity index (χ3n) is 2.12. The molecule has 1 unspecified atom stereocenters. The molecule has 1 aromatic carbocycles. The van der Waals surface area contributed by atoms with E-state index in [1.807, 2.05) is 37.4 Å². The summed E-state index contributed by atoms with van der Waals surface area (Å²) < 4.78 is 5.41. The smallest absolute Gasteiger partial charge is 0.163 e. The van der Waals surface area contributed by atoms with Gasteiger partial charge in [-0.2, -0.15) is 0 Å². The first-order valence-corrected chi connectivity index (χ1v) is 6.17. The van der Waals surface area contributed by atoms with Crippen molar-refractivity contribution in [2.75, 3.05) is 12.9 Å². The molecule has 0 aliphatic carbocycles. The molecule has 2 nitrogen and oxygen atoms in total. The normalized spacial score (nSPS) is 12.5. The van der Waals surface area contributed by atoms with Gasteiger partial charge in [0.15, 0.2) is 5.78 Å². The maximum atomic E-state index is 11.4. The first kappa shape index (κ1) is 12.3. The van der Waals surface area contributed by atoms with E-state index in [-0.39, 0.29) is 5.78 Å². The molecule has 15 heavy (non-hydrogen) atoms. The Labute approximate surface area is 95.0 Å². The third kappa shape index (κ3) is 3.36. The van der Waals surface area contributed by atoms with Crippen molar-refractivity contribution in [2.24, 2.45) is 0 Å². The largest absolute Gasteiger partial charge is 0.366 e. The Balaban J connectivity index is 2.86. The highest BCUT2D eigenvalue weighted by Gasteiger charge is 2.16. The molecule has 0 saturated heterocycles. The van der Waals surface area contributed by atoms with E-state index in [0.717, 1.165) is 5.56 Å². The van der Waals surface area contributed by atoms with Gasteiger partial charge in [0, 0.05) is 11.5 Å². The summed E-state index contributed by atoms with van der Waals surface area (Å²) in [6, 6.07) is 7.92. The average molecular weight is 224 g/mol. The summed E-state index contributed by atoms with van der Waals surface area (Å²) in [5.74, 6) is 0.0498. The molecule has 0 bridgehead atoms. The summed E-state index contributed by atoms with van der Waals surface area (Å²) in [6.07, 6.45) is 1.62. The number of ketones is 1. The summed E-state index contributed by atoms with van der Waals surface area (Å²) >= 11 is 1.69. The highest BCUT2D eigenvalue weighted by atomic mass is 32.2. The number of benzene rings is 1. The zero-order chi connectivity index (χ0) is 11.3. The predicted molar refractivity (Wildman–Crippen MR) is 63.3 cm³/mol. The second kappa shape index (κ2) is 5.93. The number of thioether (sulfide) groups is 1. The molecular formula is C12H16O2S. The molecule has 1 atom stereocenters. The fourth-order valence-electron chi connectivity index (χ4n) is 1.39. The highest BCUT2D eigenvalue weighted by Crippen LogP contribution is 2.22. The zero-order valence-corrected chi connectivity index (χ0v) is 10.1. The van der Waals surface area contributed by atoms with Gasteiger partial charge in [0.1, 0.15) is 6.10 Å². The molecule has 0 aliphatic heterocycles. The molecule has 0 heterocycles. The summed E-state index contributed by atoms with van der Waals surface area (Å²) in [4.78, 5) is 12.6. The summed E-state index contributed by atoms with van der Waals surface area (Å²) in [7, 11) is 0. The van der Waals surface area contributed by atoms with Gasteiger partial charge in [-0.1, -0.05) is 12.1 Å². The third-order valence-corrected chi connectivity index (χ3v) is 2.86. The fraction of sp³-hybridized carbons (Fsp3) is 0.417. The molecule has 0 saturated carbocycles. The Morgan fingerprint density at radius 1 is 1.40 bits per heavy atom. The molecule has 0 fully saturated rings. The molecule has 1 rings (SSSR count). The van der Waals surface area contributed by atoms with Crippen LogP contribution in [-0.2, 0) is 9.53 Å². The number of ether oxygens (including phenoxy) is 1. The number of rotatable bonds is 5. The summed E-state index contributed by atoms with van der Waals surface area (Å²) in [6.45, 7) is 4.00. The monoisotopic (exact) mass is 224 g/mol. The van der Waals surface area contributed by atoms with Crippen molar-refractivity contribution in [3.05, 3.63) is 29.8 Å². The second-order valence-electron chi connectivity index (χ2n) is 3.22. The molecule has 0 spiro atoms. The van der Waals surface area contributed by atoms with Crippen molar-refractivity contribution in [1.82, 2.24) is 0 Å². The van der Waals surface area contributed by atoms with Gasteiger partial charge in [0.05, 0.1) is 0 Å². The summed E-state index contributed by atoms with van der Waals surface area (Å²) in [5, 5.41) is 0. The number of hydrogen-bond acceptors (Lipinski definition) is 3. The minimum absolute atomic E-state index is 0.0498. The van der Waals surface area contributed by atoms with Crippen molar-refractivity contribution < 1.29 is 9.53 Å². The van der Waals surface area contributed by atoms with Gasteiger partial charge in [0.25, 0.3) is 0 Å². The van der Waals surface area contributed by atoms with Gasteiger partial charge in [0.2, 0.25) is 0 Å². The Bertz CT molecular complexity index is 319. The molecule has 0 aromatic heterocycles. The minimum atomic E-state index is -0.411. The molecular weight excluding hydrogens is 208 g/mol. The number of carbonyl (C=O) groups excluding carboxylic acids is 1. The number of Topliss-reactive ketones (excluding diaryl/α,β-unsaturated/α-hetero) is 1. The van der Waals surface area contributed by atoms with Gasteiger partial charge in [-0.3, -0.25) is 4.79 Å². The van der Waals surface area contributed by atoms with Crippen molar-refractivity contribution in [3.8, 4) is 0 Å². The Morgan fingerprint density at radius 2 is 2.00 bits per heavy atom. The lowest BCUT2D eigenvalue weighted by molar-refractivity contribution is -0.128. The van der Waals surface area contributed by atoms with Crippen LogP contribution in [0.1, 0.15) is 25.5 Å². The number of hydrogen-bond donors (Lipinski definition) is 0. The van der Waals surface area contributed by atoms with E-state index in [0.29, 0.717) is 6.61 Å². The van der Waals surface area contributed by atoms with E-state index in [1.165, 1.54) is 4.90 Å². The lowest BCUT2D eigenvalue weighted by Crippen LogP contribution is -2.12. The van der Waals surface area contributed by atoms with Gasteiger partial charge in [-0.25, -0.2) is 0 Å². The summed E-state index contributed by atoms with van der Waals surface area (Å²) in [5.41, 5.74) is 0.933. The van der Waals surface area contributed by atoms with E-state index in [4.69, 9.17) is 4.74 Å². The fourth-order valence-corrected chi connectivity index (χ4v) is 1.80. The van der Waals surface area contributed by atoms with Gasteiger partial charge in [-0.05, 0) is 37.8 Å². The topological polar surface area (TPSA) is 26.3 Å². The predicted octanol–water partition coefficient (Wildman–Crippen LogP) is 3.08. The number of carbonyl (C=O) groups is 1. The molecule has 0 N–H and O–H groups in total. The van der Waals surface area contributed by atoms with Crippen LogP contribution in [0.2, 0.25) is 0 Å². The van der Waals surface area contributed by atoms with E-state index in [9.17, 15) is 4.79 Å². The maximum absolute atomic E-state index is 11.4. The molecule has 82 valence electrons. The van der Waals surface area contributed by atoms with Crippen molar-refractivity contribution in [1.29, 1.82) is 0 Å². The van der Waals surface area contributed by atoms with Crippen LogP contribution in [0.25, 0.3) is 0 Å². The maximum Gasteiger partial charge on any atom is 0.163 e. The van der Waals surface area contributed by atoms with Crippen LogP contribution in [0.3, 0.4) is 0 Å². The van der Waals surface area contributed by atoms with Gasteiger partial charge >= 0.3 is 0 Å². The van der Waals surface area contributed by atoms with Crippen LogP contribution in [0.4, 0.5) is 0 Å². The average Bonchev–Trinajstić information content (AvgIpc) is 2.26. The van der Waals surface area contributed by atoms with Crippen LogP contribution < -0.4 is 0 Å². The Morgan fingerprint density at radius 3 is 2.40 bits per heavy atom. The lowest BCUT2D eigenvalue weighted by Gasteiger charge is -2.14. The van der Waals surface area contributed by atoms with Crippen molar-refractivity contribution in [2.45, 2.75) is 24.8 Å². The SMILES string of the molecule is CCOC(C(C)=O)c1ccc(SC)cc1. The van der Waals surface area contributed by atoms with E-state index >= 15 is 0 Å². The van der Waals surface area contributed by atoms with Crippen LogP contribution >= 0.6 is 11.8 Å². The molecule has 0 radical (unpaired) electrons. The quantitative estimate of drug-likeness (QED) is 0.719. The molecule has 3 heteroatoms. The molecule has 0 amide bonds. The highest BCUT2D eigenvalue weighted by molar-refractivity contribution is 7.98. The van der Waals surface area contributed by atoms with Crippen LogP contribution in [-0.4, -0.2) is 18.6 Å². The Hall–Kier alpha value is -0.800. The Kier molecular flexibility index (Phi) is 4.85. The second-order valence-corrected chi connectivity index (χ2v) is 4.10. The van der Waals surface area contributed by atoms with E-state index < -0.39 is 6.10 Å². The lowest BCUT2D eigenvalue weighted by atomic mass is 10.1. The van der Waals surface area contributed by atoms with Crippen LogP contribution in [0.5, 0.6) is 0 Å². The van der Waals surface area contributed by atoms with Crippen molar-refractivity contribution >= 4 is 17.5 Å². The zero-order valence-electron chi connectivity index (χ0n) is 9.32. The molecule has 1 aromatic rings. The van der Waals surface area contributed by atoms with E-state index in [2.05, 4.69) is 0 Å². The minimum Gasteiger partial charge on any atom is -0.366 e.